The topological polar surface area (TPSA) is 63.2 Å². The summed E-state index contributed by atoms with van der Waals surface area (Å²) in [5, 5.41) is 5.02. The maximum absolute atomic E-state index is 5.73. The Morgan fingerprint density at radius 3 is 2.91 bits per heavy atom. The molecule has 3 rings (SSSR count). The molecule has 0 amide bonds. The highest BCUT2D eigenvalue weighted by Gasteiger charge is 2.32. The summed E-state index contributed by atoms with van der Waals surface area (Å²) in [5.74, 6) is 0.611. The van der Waals surface area contributed by atoms with Crippen molar-refractivity contribution >= 4 is 16.5 Å². The fourth-order valence-corrected chi connectivity index (χ4v) is 4.48. The maximum Gasteiger partial charge on any atom is 0.180 e. The van der Waals surface area contributed by atoms with Crippen LogP contribution in [0.15, 0.2) is 18.5 Å². The predicted molar refractivity (Wildman–Crippen MR) is 94.2 cm³/mol. The second-order valence-electron chi connectivity index (χ2n) is 6.57. The molecule has 3 heterocycles. The number of hydrogen-bond donors (Lipinski definition) is 1. The Bertz CT molecular complexity index is 636. The molecular formula is C16H26N6S. The van der Waals surface area contributed by atoms with Gasteiger partial charge in [-0.2, -0.15) is 5.10 Å². The summed E-state index contributed by atoms with van der Waals surface area (Å²) < 4.78 is 2.02. The van der Waals surface area contributed by atoms with Crippen LogP contribution in [0.4, 0.5) is 5.13 Å². The molecule has 0 aromatic carbocycles. The molecule has 0 unspecified atom stereocenters. The third kappa shape index (κ3) is 3.73. The zero-order chi connectivity index (χ0) is 16.4. The van der Waals surface area contributed by atoms with E-state index in [0.717, 1.165) is 19.6 Å². The Hall–Kier alpha value is -1.44. The first-order chi connectivity index (χ1) is 11.0. The number of likely N-dealkylation sites (tertiary alicyclic amines) is 1. The summed E-state index contributed by atoms with van der Waals surface area (Å²) in [6, 6.07) is 2.59. The quantitative estimate of drug-likeness (QED) is 0.906. The number of anilines is 1. The molecule has 2 aromatic heterocycles. The largest absolute Gasteiger partial charge is 0.375 e. The van der Waals surface area contributed by atoms with E-state index in [-0.39, 0.29) is 0 Å². The van der Waals surface area contributed by atoms with Gasteiger partial charge in [0.05, 0.1) is 11.7 Å². The van der Waals surface area contributed by atoms with Crippen molar-refractivity contribution in [1.29, 1.82) is 0 Å². The monoisotopic (exact) mass is 334 g/mol. The third-order valence-corrected chi connectivity index (χ3v) is 5.52. The minimum atomic E-state index is 0.435. The molecular weight excluding hydrogens is 308 g/mol. The van der Waals surface area contributed by atoms with Gasteiger partial charge >= 0.3 is 0 Å². The van der Waals surface area contributed by atoms with Gasteiger partial charge in [0.25, 0.3) is 0 Å². The highest BCUT2D eigenvalue weighted by atomic mass is 32.1. The Morgan fingerprint density at radius 2 is 2.26 bits per heavy atom. The smallest absolute Gasteiger partial charge is 0.180 e. The molecule has 0 bridgehead atoms. The van der Waals surface area contributed by atoms with Gasteiger partial charge in [-0.15, -0.1) is 11.3 Å². The lowest BCUT2D eigenvalue weighted by molar-refractivity contribution is 0.0875. The van der Waals surface area contributed by atoms with Crippen LogP contribution in [0.5, 0.6) is 0 Å². The first-order valence-electron chi connectivity index (χ1n) is 8.11. The van der Waals surface area contributed by atoms with Crippen LogP contribution in [0.3, 0.4) is 0 Å². The summed E-state index contributed by atoms with van der Waals surface area (Å²) in [7, 11) is 6.46. The summed E-state index contributed by atoms with van der Waals surface area (Å²) >= 11 is 1.58. The van der Waals surface area contributed by atoms with Crippen LogP contribution in [0.2, 0.25) is 0 Å². The van der Waals surface area contributed by atoms with Crippen molar-refractivity contribution in [3.8, 4) is 0 Å². The third-order valence-electron chi connectivity index (χ3n) is 4.71. The number of thiazole rings is 1. The van der Waals surface area contributed by atoms with Crippen LogP contribution < -0.4 is 5.73 Å². The fourth-order valence-electron chi connectivity index (χ4n) is 3.72. The number of nitrogen functional groups attached to an aromatic ring is 1. The molecule has 1 fully saturated rings. The standard InChI is InChI=1S/C16H26N6S/c1-20(11-13-9-18-16(17)23-13)10-12-5-4-8-21(2)15(12)14-6-7-19-22(14)3/h6-7,9,12,15H,4-5,8,10-11H2,1-3H3,(H2,17,18)/t12-,15+/m0/s1. The molecule has 2 atom stereocenters. The van der Waals surface area contributed by atoms with Crippen LogP contribution in [-0.2, 0) is 13.6 Å². The van der Waals surface area contributed by atoms with Crippen molar-refractivity contribution in [3.63, 3.8) is 0 Å². The van der Waals surface area contributed by atoms with Crippen LogP contribution >= 0.6 is 11.3 Å². The van der Waals surface area contributed by atoms with E-state index in [1.165, 1.54) is 23.4 Å². The summed E-state index contributed by atoms with van der Waals surface area (Å²) in [6.07, 6.45) is 6.31. The van der Waals surface area contributed by atoms with E-state index in [2.05, 4.69) is 40.0 Å². The normalized spacial score (nSPS) is 22.8. The minimum absolute atomic E-state index is 0.435. The van der Waals surface area contributed by atoms with Gasteiger partial charge in [0.2, 0.25) is 0 Å². The SMILES string of the molecule is CN(Cc1cnc(N)s1)C[C@@H]1CCCN(C)[C@H]1c1ccnn1C. The molecule has 0 aliphatic carbocycles. The minimum Gasteiger partial charge on any atom is -0.375 e. The van der Waals surface area contributed by atoms with Gasteiger partial charge < -0.3 is 10.6 Å². The molecule has 1 aliphatic heterocycles. The summed E-state index contributed by atoms with van der Waals surface area (Å²) in [4.78, 5) is 10.2. The van der Waals surface area contributed by atoms with Gasteiger partial charge in [-0.25, -0.2) is 4.98 Å². The Balaban J connectivity index is 1.70. The zero-order valence-corrected chi connectivity index (χ0v) is 15.0. The van der Waals surface area contributed by atoms with E-state index in [9.17, 15) is 0 Å². The predicted octanol–water partition coefficient (Wildman–Crippen LogP) is 1.97. The highest BCUT2D eigenvalue weighted by molar-refractivity contribution is 7.15. The van der Waals surface area contributed by atoms with E-state index < -0.39 is 0 Å². The van der Waals surface area contributed by atoms with Crippen molar-refractivity contribution in [2.75, 3.05) is 32.9 Å². The molecule has 126 valence electrons. The first-order valence-corrected chi connectivity index (χ1v) is 8.93. The number of nitrogens with zero attached hydrogens (tertiary/aromatic N) is 5. The molecule has 2 aromatic rings. The summed E-state index contributed by atoms with van der Waals surface area (Å²) in [5.41, 5.74) is 7.04. The molecule has 0 radical (unpaired) electrons. The Kier molecular flexibility index (Phi) is 4.99. The van der Waals surface area contributed by atoms with Crippen molar-refractivity contribution in [2.45, 2.75) is 25.4 Å². The van der Waals surface area contributed by atoms with Gasteiger partial charge in [0.15, 0.2) is 5.13 Å². The van der Waals surface area contributed by atoms with Crippen LogP contribution in [0.1, 0.15) is 29.5 Å². The van der Waals surface area contributed by atoms with Gasteiger partial charge in [-0.1, -0.05) is 0 Å². The van der Waals surface area contributed by atoms with Crippen LogP contribution in [0, 0.1) is 5.92 Å². The van der Waals surface area contributed by atoms with Crippen molar-refractivity contribution in [3.05, 3.63) is 29.0 Å². The van der Waals surface area contributed by atoms with Crippen LogP contribution in [-0.4, -0.2) is 51.7 Å². The average Bonchev–Trinajstić information content (AvgIpc) is 3.08. The van der Waals surface area contributed by atoms with Gasteiger partial charge in [-0.05, 0) is 45.5 Å². The molecule has 23 heavy (non-hydrogen) atoms. The lowest BCUT2D eigenvalue weighted by Crippen LogP contribution is -2.41. The molecule has 1 aliphatic rings. The van der Waals surface area contributed by atoms with E-state index in [4.69, 9.17) is 5.73 Å². The fraction of sp³-hybridized carbons (Fsp3) is 0.625. The molecule has 7 heteroatoms. The Morgan fingerprint density at radius 1 is 1.43 bits per heavy atom. The molecule has 2 N–H and O–H groups in total. The van der Waals surface area contributed by atoms with E-state index in [0.29, 0.717) is 17.1 Å². The lowest BCUT2D eigenvalue weighted by atomic mass is 9.87. The van der Waals surface area contributed by atoms with Crippen molar-refractivity contribution < 1.29 is 0 Å². The number of hydrogen-bond acceptors (Lipinski definition) is 6. The molecule has 6 nitrogen and oxygen atoms in total. The second kappa shape index (κ2) is 6.98. The molecule has 0 spiro atoms. The summed E-state index contributed by atoms with van der Waals surface area (Å²) in [6.45, 7) is 3.13. The molecule has 1 saturated heterocycles. The first kappa shape index (κ1) is 16.4. The van der Waals surface area contributed by atoms with E-state index in [1.54, 1.807) is 11.3 Å². The number of piperidine rings is 1. The highest BCUT2D eigenvalue weighted by Crippen LogP contribution is 2.35. The average molecular weight is 334 g/mol. The molecule has 0 saturated carbocycles. The number of rotatable bonds is 5. The van der Waals surface area contributed by atoms with Gasteiger partial charge in [0.1, 0.15) is 0 Å². The van der Waals surface area contributed by atoms with E-state index in [1.807, 2.05) is 24.1 Å². The second-order valence-corrected chi connectivity index (χ2v) is 7.72. The Labute approximate surface area is 141 Å². The van der Waals surface area contributed by atoms with Gasteiger partial charge in [0, 0.05) is 37.4 Å². The van der Waals surface area contributed by atoms with E-state index >= 15 is 0 Å². The number of aryl methyl sites for hydroxylation is 1. The van der Waals surface area contributed by atoms with Crippen molar-refractivity contribution in [1.82, 2.24) is 24.6 Å². The van der Waals surface area contributed by atoms with Gasteiger partial charge in [-0.3, -0.25) is 9.58 Å². The van der Waals surface area contributed by atoms with Crippen molar-refractivity contribution in [2.24, 2.45) is 13.0 Å². The number of aromatic nitrogens is 3. The lowest BCUT2D eigenvalue weighted by Gasteiger charge is -2.40. The maximum atomic E-state index is 5.73. The number of nitrogens with two attached hydrogens (primary N) is 1. The van der Waals surface area contributed by atoms with Crippen LogP contribution in [0.25, 0.3) is 0 Å². The zero-order valence-electron chi connectivity index (χ0n) is 14.1.